The van der Waals surface area contributed by atoms with E-state index in [2.05, 4.69) is 27.3 Å². The van der Waals surface area contributed by atoms with Crippen molar-refractivity contribution in [2.24, 2.45) is 5.92 Å². The third kappa shape index (κ3) is 3.29. The minimum absolute atomic E-state index is 0.0477. The van der Waals surface area contributed by atoms with Crippen molar-refractivity contribution in [1.82, 2.24) is 20.1 Å². The van der Waals surface area contributed by atoms with E-state index in [9.17, 15) is 9.59 Å². The van der Waals surface area contributed by atoms with E-state index >= 15 is 0 Å². The third-order valence-corrected chi connectivity index (χ3v) is 7.16. The molecule has 3 aliphatic rings. The second-order valence-electron chi connectivity index (χ2n) is 9.01. The van der Waals surface area contributed by atoms with E-state index in [-0.39, 0.29) is 23.9 Å². The first-order valence-corrected chi connectivity index (χ1v) is 10.9. The number of imide groups is 1. The Morgan fingerprint density at radius 1 is 1.03 bits per heavy atom. The molecule has 1 aliphatic carbocycles. The van der Waals surface area contributed by atoms with E-state index in [4.69, 9.17) is 0 Å². The summed E-state index contributed by atoms with van der Waals surface area (Å²) in [4.78, 5) is 34.6. The number of aromatic nitrogens is 1. The number of amides is 3. The van der Waals surface area contributed by atoms with Gasteiger partial charge in [-0.2, -0.15) is 0 Å². The number of pyridine rings is 1. The van der Waals surface area contributed by atoms with Gasteiger partial charge in [0.05, 0.1) is 5.69 Å². The van der Waals surface area contributed by atoms with Crippen molar-refractivity contribution in [1.29, 1.82) is 0 Å². The molecule has 1 N–H and O–H groups in total. The fraction of sp³-hybridized carbons (Fsp3) is 0.458. The van der Waals surface area contributed by atoms with Crippen molar-refractivity contribution >= 4 is 11.9 Å². The summed E-state index contributed by atoms with van der Waals surface area (Å²) in [5.74, 6) is 0.108. The molecule has 2 saturated heterocycles. The minimum Gasteiger partial charge on any atom is -0.323 e. The first kappa shape index (κ1) is 19.2. The molecule has 0 saturated carbocycles. The van der Waals surface area contributed by atoms with Crippen molar-refractivity contribution in [2.45, 2.75) is 50.7 Å². The number of likely N-dealkylation sites (tertiary alicyclic amines) is 1. The summed E-state index contributed by atoms with van der Waals surface area (Å²) in [7, 11) is 0. The van der Waals surface area contributed by atoms with Crippen LogP contribution in [0.25, 0.3) is 0 Å². The predicted molar refractivity (Wildman–Crippen MR) is 114 cm³/mol. The van der Waals surface area contributed by atoms with E-state index in [0.717, 1.165) is 51.0 Å². The largest absolute Gasteiger partial charge is 0.325 e. The maximum absolute atomic E-state index is 13.5. The van der Waals surface area contributed by atoms with Crippen molar-refractivity contribution in [3.8, 4) is 0 Å². The van der Waals surface area contributed by atoms with Gasteiger partial charge in [-0.3, -0.25) is 19.6 Å². The lowest BCUT2D eigenvalue weighted by Crippen LogP contribution is -2.54. The number of benzene rings is 1. The summed E-state index contributed by atoms with van der Waals surface area (Å²) in [5.41, 5.74) is 2.77. The molecule has 0 unspecified atom stereocenters. The van der Waals surface area contributed by atoms with Gasteiger partial charge in [0, 0.05) is 18.8 Å². The van der Waals surface area contributed by atoms with Crippen LogP contribution < -0.4 is 5.32 Å². The van der Waals surface area contributed by atoms with Gasteiger partial charge in [-0.15, -0.1) is 0 Å². The Morgan fingerprint density at radius 2 is 1.70 bits per heavy atom. The summed E-state index contributed by atoms with van der Waals surface area (Å²) < 4.78 is 0. The highest BCUT2D eigenvalue weighted by molar-refractivity contribution is 6.07. The van der Waals surface area contributed by atoms with Crippen LogP contribution in [0.5, 0.6) is 0 Å². The smallest absolute Gasteiger partial charge is 0.323 e. The number of rotatable bonds is 4. The molecule has 0 radical (unpaired) electrons. The number of urea groups is 1. The lowest BCUT2D eigenvalue weighted by molar-refractivity contribution is -0.134. The number of carbonyl (C=O) groups is 2. The Morgan fingerprint density at radius 3 is 2.33 bits per heavy atom. The first-order chi connectivity index (χ1) is 14.5. The van der Waals surface area contributed by atoms with Crippen LogP contribution >= 0.6 is 0 Å². The summed E-state index contributed by atoms with van der Waals surface area (Å²) in [6, 6.07) is 13.9. The van der Waals surface area contributed by atoms with Crippen LogP contribution in [-0.2, 0) is 24.2 Å². The van der Waals surface area contributed by atoms with Gasteiger partial charge < -0.3 is 5.32 Å². The Hall–Kier alpha value is -2.73. The average Bonchev–Trinajstić information content (AvgIpc) is 3.27. The number of piperidine rings is 1. The third-order valence-electron chi connectivity index (χ3n) is 7.16. The quantitative estimate of drug-likeness (QED) is 0.796. The zero-order valence-corrected chi connectivity index (χ0v) is 17.4. The maximum Gasteiger partial charge on any atom is 0.325 e. The van der Waals surface area contributed by atoms with Gasteiger partial charge in [0.1, 0.15) is 5.54 Å². The van der Waals surface area contributed by atoms with E-state index in [1.165, 1.54) is 16.0 Å². The molecule has 6 heteroatoms. The van der Waals surface area contributed by atoms with Gasteiger partial charge in [0.2, 0.25) is 0 Å². The number of carbonyl (C=O) groups excluding carboxylic acids is 2. The molecule has 1 atom stereocenters. The normalized spacial score (nSPS) is 25.6. The monoisotopic (exact) mass is 404 g/mol. The molecule has 30 heavy (non-hydrogen) atoms. The molecule has 1 aromatic heterocycles. The van der Waals surface area contributed by atoms with Gasteiger partial charge in [-0.25, -0.2) is 4.79 Å². The molecule has 0 spiro atoms. The van der Waals surface area contributed by atoms with E-state index in [0.29, 0.717) is 0 Å². The molecule has 2 aliphatic heterocycles. The number of nitrogens with zero attached hydrogens (tertiary/aromatic N) is 3. The highest BCUT2D eigenvalue weighted by atomic mass is 16.2. The van der Waals surface area contributed by atoms with Crippen molar-refractivity contribution in [2.75, 3.05) is 13.1 Å². The van der Waals surface area contributed by atoms with Crippen LogP contribution in [-0.4, -0.2) is 51.4 Å². The Kier molecular flexibility index (Phi) is 4.82. The van der Waals surface area contributed by atoms with Crippen LogP contribution in [0, 0.1) is 5.92 Å². The number of hydrogen-bond donors (Lipinski definition) is 1. The highest BCUT2D eigenvalue weighted by Crippen LogP contribution is 2.36. The van der Waals surface area contributed by atoms with Gasteiger partial charge in [-0.1, -0.05) is 30.3 Å². The molecule has 1 aromatic carbocycles. The van der Waals surface area contributed by atoms with Crippen LogP contribution in [0.4, 0.5) is 4.79 Å². The molecule has 5 rings (SSSR count). The first-order valence-electron chi connectivity index (χ1n) is 10.9. The molecule has 0 bridgehead atoms. The molecule has 2 aromatic rings. The predicted octanol–water partition coefficient (Wildman–Crippen LogP) is 2.77. The Balaban J connectivity index is 1.25. The van der Waals surface area contributed by atoms with E-state index < -0.39 is 5.54 Å². The summed E-state index contributed by atoms with van der Waals surface area (Å²) >= 11 is 0. The fourth-order valence-corrected chi connectivity index (χ4v) is 5.39. The van der Waals surface area contributed by atoms with Gasteiger partial charge >= 0.3 is 6.03 Å². The highest BCUT2D eigenvalue weighted by Gasteiger charge is 2.54. The van der Waals surface area contributed by atoms with E-state index in [1.54, 1.807) is 0 Å². The van der Waals surface area contributed by atoms with Crippen molar-refractivity contribution in [3.63, 3.8) is 0 Å². The standard InChI is InChI=1S/C24H28N4O2/c1-24(19-9-12-27(13-10-19)16-20-8-4-5-11-25-20)22(29)28(23(30)26-24)21-14-17-6-2-3-7-18(17)15-21/h2-8,11,19,21H,9-10,12-16H2,1H3,(H,26,30)/t24-/m1/s1. The van der Waals surface area contributed by atoms with Crippen LogP contribution in [0.15, 0.2) is 48.7 Å². The number of nitrogens with one attached hydrogen (secondary N) is 1. The number of fused-ring (bicyclic) bond motifs is 1. The fourth-order valence-electron chi connectivity index (χ4n) is 5.39. The molecule has 3 heterocycles. The van der Waals surface area contributed by atoms with Crippen LogP contribution in [0.1, 0.15) is 36.6 Å². The van der Waals surface area contributed by atoms with E-state index in [1.807, 2.05) is 43.5 Å². The van der Waals surface area contributed by atoms with Gasteiger partial charge in [-0.05, 0) is 74.9 Å². The topological polar surface area (TPSA) is 65.5 Å². The minimum atomic E-state index is -0.803. The molecular weight excluding hydrogens is 376 g/mol. The number of hydrogen-bond acceptors (Lipinski definition) is 4. The van der Waals surface area contributed by atoms with Crippen molar-refractivity contribution in [3.05, 3.63) is 65.5 Å². The SMILES string of the molecule is C[C@]1(C2CCN(Cc3ccccn3)CC2)NC(=O)N(C2Cc3ccccc3C2)C1=O. The molecule has 3 amide bonds. The van der Waals surface area contributed by atoms with Crippen LogP contribution in [0.2, 0.25) is 0 Å². The average molecular weight is 405 g/mol. The molecule has 6 nitrogen and oxygen atoms in total. The second kappa shape index (κ2) is 7.51. The zero-order valence-electron chi connectivity index (χ0n) is 17.4. The molecular formula is C24H28N4O2. The Labute approximate surface area is 177 Å². The van der Waals surface area contributed by atoms with Gasteiger partial charge in [0.15, 0.2) is 0 Å². The lowest BCUT2D eigenvalue weighted by atomic mass is 9.78. The van der Waals surface area contributed by atoms with Crippen LogP contribution in [0.3, 0.4) is 0 Å². The molecule has 156 valence electrons. The second-order valence-corrected chi connectivity index (χ2v) is 9.01. The lowest BCUT2D eigenvalue weighted by Gasteiger charge is -2.39. The zero-order chi connectivity index (χ0) is 20.7. The Bertz CT molecular complexity index is 930. The summed E-state index contributed by atoms with van der Waals surface area (Å²) in [6.07, 6.45) is 5.13. The summed E-state index contributed by atoms with van der Waals surface area (Å²) in [6.45, 7) is 4.58. The summed E-state index contributed by atoms with van der Waals surface area (Å²) in [5, 5.41) is 3.07. The van der Waals surface area contributed by atoms with Gasteiger partial charge in [0.25, 0.3) is 5.91 Å². The van der Waals surface area contributed by atoms with Crippen molar-refractivity contribution < 1.29 is 9.59 Å². The molecule has 2 fully saturated rings. The maximum atomic E-state index is 13.5.